The summed E-state index contributed by atoms with van der Waals surface area (Å²) in [6.07, 6.45) is 11.4. The van der Waals surface area contributed by atoms with Gasteiger partial charge in [0.1, 0.15) is 6.20 Å². The SMILES string of the molecule is c1cnnc(-[n+]2cnc[n+](-[n+]3cnccn3)c2)c1. The Labute approximate surface area is 102 Å². The zero-order valence-electron chi connectivity index (χ0n) is 9.27. The molecule has 8 heteroatoms. The van der Waals surface area contributed by atoms with Crippen molar-refractivity contribution in [3.63, 3.8) is 0 Å². The van der Waals surface area contributed by atoms with Crippen LogP contribution in [0.1, 0.15) is 0 Å². The molecule has 0 saturated carbocycles. The van der Waals surface area contributed by atoms with Gasteiger partial charge in [0.25, 0.3) is 0 Å². The summed E-state index contributed by atoms with van der Waals surface area (Å²) in [6, 6.07) is 3.64. The minimum absolute atomic E-state index is 0.670. The molecule has 0 N–H and O–H groups in total. The smallest absolute Gasteiger partial charge is 0.122 e. The highest BCUT2D eigenvalue weighted by Gasteiger charge is 2.16. The fourth-order valence-electron chi connectivity index (χ4n) is 1.40. The molecule has 0 saturated heterocycles. The third-order valence-corrected chi connectivity index (χ3v) is 2.19. The molecule has 3 rings (SSSR count). The van der Waals surface area contributed by atoms with E-state index in [1.54, 1.807) is 57.9 Å². The van der Waals surface area contributed by atoms with Crippen LogP contribution in [-0.2, 0) is 0 Å². The van der Waals surface area contributed by atoms with Crippen LogP contribution in [0.3, 0.4) is 0 Å². The standard InChI is InChI=1S/C10H9N8/c1-2-10(15-13-3-1)16-6-12-7-17(9-16)18-8-11-4-5-14-18/h1-9H/q+3. The molecule has 0 fully saturated rings. The van der Waals surface area contributed by atoms with Gasteiger partial charge in [-0.25, -0.2) is 0 Å². The highest BCUT2D eigenvalue weighted by Crippen LogP contribution is 1.86. The first-order valence-electron chi connectivity index (χ1n) is 5.18. The summed E-state index contributed by atoms with van der Waals surface area (Å²) in [5.41, 5.74) is 0. The van der Waals surface area contributed by atoms with Crippen molar-refractivity contribution in [2.45, 2.75) is 0 Å². The molecule has 0 atom stereocenters. The van der Waals surface area contributed by atoms with E-state index >= 15 is 0 Å². The first kappa shape index (κ1) is 10.3. The average molecular weight is 241 g/mol. The van der Waals surface area contributed by atoms with Crippen LogP contribution in [0.15, 0.2) is 56.0 Å². The normalized spacial score (nSPS) is 10.2. The van der Waals surface area contributed by atoms with Gasteiger partial charge in [-0.1, -0.05) is 0 Å². The lowest BCUT2D eigenvalue weighted by atomic mass is 10.5. The maximum Gasteiger partial charge on any atom is 0.361 e. The van der Waals surface area contributed by atoms with Gasteiger partial charge in [0, 0.05) is 10.7 Å². The second-order valence-corrected chi connectivity index (χ2v) is 3.36. The molecule has 0 bridgehead atoms. The largest absolute Gasteiger partial charge is 0.361 e. The minimum Gasteiger partial charge on any atom is -0.122 e. The number of hydrogen-bond acceptors (Lipinski definition) is 5. The molecule has 18 heavy (non-hydrogen) atoms. The number of hydrogen-bond donors (Lipinski definition) is 0. The second-order valence-electron chi connectivity index (χ2n) is 3.36. The van der Waals surface area contributed by atoms with Crippen molar-refractivity contribution in [1.29, 1.82) is 0 Å². The molecular formula is C10H9N8+3. The highest BCUT2D eigenvalue weighted by molar-refractivity contribution is 5.04. The fraction of sp³-hybridized carbons (Fsp3) is 0. The van der Waals surface area contributed by atoms with Crippen LogP contribution in [0.25, 0.3) is 5.82 Å². The van der Waals surface area contributed by atoms with E-state index in [1.165, 1.54) is 0 Å². The summed E-state index contributed by atoms with van der Waals surface area (Å²) >= 11 is 0. The quantitative estimate of drug-likeness (QED) is 0.477. The van der Waals surface area contributed by atoms with Gasteiger partial charge in [-0.15, -0.1) is 4.57 Å². The molecule has 0 aliphatic rings. The Morgan fingerprint density at radius 1 is 0.944 bits per heavy atom. The van der Waals surface area contributed by atoms with Gasteiger partial charge in [-0.3, -0.25) is 0 Å². The van der Waals surface area contributed by atoms with Crippen molar-refractivity contribution in [3.05, 3.63) is 56.0 Å². The van der Waals surface area contributed by atoms with Gasteiger partial charge >= 0.3 is 31.1 Å². The molecule has 3 aromatic rings. The van der Waals surface area contributed by atoms with Crippen LogP contribution in [0.5, 0.6) is 0 Å². The van der Waals surface area contributed by atoms with Gasteiger partial charge in [-0.2, -0.15) is 0 Å². The molecule has 86 valence electrons. The van der Waals surface area contributed by atoms with E-state index in [4.69, 9.17) is 0 Å². The van der Waals surface area contributed by atoms with E-state index in [9.17, 15) is 0 Å². The first-order valence-corrected chi connectivity index (χ1v) is 5.18. The molecule has 0 spiro atoms. The third kappa shape index (κ3) is 1.98. The average Bonchev–Trinajstić information content (AvgIpc) is 2.49. The molecular weight excluding hydrogens is 232 g/mol. The van der Waals surface area contributed by atoms with Gasteiger partial charge in [-0.05, 0) is 26.2 Å². The monoisotopic (exact) mass is 241 g/mol. The third-order valence-electron chi connectivity index (χ3n) is 2.19. The zero-order valence-corrected chi connectivity index (χ0v) is 9.27. The van der Waals surface area contributed by atoms with E-state index in [-0.39, 0.29) is 0 Å². The molecule has 0 aliphatic carbocycles. The van der Waals surface area contributed by atoms with Crippen LogP contribution in [0, 0.1) is 0 Å². The van der Waals surface area contributed by atoms with Gasteiger partial charge in [0.05, 0.1) is 16.1 Å². The molecule has 0 aliphatic heterocycles. The Kier molecular flexibility index (Phi) is 2.59. The summed E-state index contributed by atoms with van der Waals surface area (Å²) in [4.78, 5) is 9.63. The van der Waals surface area contributed by atoms with Crippen molar-refractivity contribution in [2.24, 2.45) is 0 Å². The Morgan fingerprint density at radius 3 is 2.72 bits per heavy atom. The van der Waals surface area contributed by atoms with Crippen molar-refractivity contribution < 1.29 is 14.0 Å². The lowest BCUT2D eigenvalue weighted by Gasteiger charge is -1.91. The molecule has 3 aromatic heterocycles. The predicted molar refractivity (Wildman–Crippen MR) is 54.6 cm³/mol. The lowest BCUT2D eigenvalue weighted by molar-refractivity contribution is -1.33. The number of rotatable bonds is 2. The molecule has 0 unspecified atom stereocenters. The van der Waals surface area contributed by atoms with Gasteiger partial charge < -0.3 is 0 Å². The topological polar surface area (TPSA) is 76.1 Å². The van der Waals surface area contributed by atoms with E-state index in [2.05, 4.69) is 25.3 Å². The maximum absolute atomic E-state index is 4.11. The Hall–Kier alpha value is -2.90. The molecule has 3 heterocycles. The van der Waals surface area contributed by atoms with Gasteiger partial charge in [0.2, 0.25) is 0 Å². The number of nitrogens with zero attached hydrogens (tertiary/aromatic N) is 8. The van der Waals surface area contributed by atoms with Crippen LogP contribution in [0.4, 0.5) is 0 Å². The van der Waals surface area contributed by atoms with E-state index in [0.29, 0.717) is 5.82 Å². The minimum atomic E-state index is 0.670. The van der Waals surface area contributed by atoms with Crippen LogP contribution >= 0.6 is 0 Å². The summed E-state index contributed by atoms with van der Waals surface area (Å²) in [5, 5.41) is 11.9. The molecule has 0 radical (unpaired) electrons. The molecule has 8 nitrogen and oxygen atoms in total. The van der Waals surface area contributed by atoms with Crippen molar-refractivity contribution in [2.75, 3.05) is 0 Å². The van der Waals surface area contributed by atoms with Crippen LogP contribution in [0.2, 0.25) is 0 Å². The van der Waals surface area contributed by atoms with E-state index in [0.717, 1.165) is 0 Å². The van der Waals surface area contributed by atoms with Crippen LogP contribution in [-0.4, -0.2) is 25.3 Å². The predicted octanol–water partition coefficient (Wildman–Crippen LogP) is -2.18. The number of aromatic nitrogens is 8. The fourth-order valence-corrected chi connectivity index (χ4v) is 1.40. The lowest BCUT2D eigenvalue weighted by Crippen LogP contribution is -2.71. The Morgan fingerprint density at radius 2 is 1.94 bits per heavy atom. The zero-order chi connectivity index (χ0) is 12.2. The van der Waals surface area contributed by atoms with E-state index < -0.39 is 0 Å². The van der Waals surface area contributed by atoms with Crippen molar-refractivity contribution >= 4 is 0 Å². The summed E-state index contributed by atoms with van der Waals surface area (Å²) < 4.78 is 3.40. The molecule has 0 amide bonds. The maximum atomic E-state index is 4.11. The first-order chi connectivity index (χ1) is 8.93. The summed E-state index contributed by atoms with van der Waals surface area (Å²) in [7, 11) is 0. The summed E-state index contributed by atoms with van der Waals surface area (Å²) in [6.45, 7) is 0. The van der Waals surface area contributed by atoms with Crippen molar-refractivity contribution in [3.8, 4) is 5.82 Å². The molecule has 0 aromatic carbocycles. The second kappa shape index (κ2) is 4.53. The summed E-state index contributed by atoms with van der Waals surface area (Å²) in [5.74, 6) is 0.670. The highest BCUT2D eigenvalue weighted by atomic mass is 15.6. The van der Waals surface area contributed by atoms with E-state index in [1.807, 2.05) is 12.1 Å². The Bertz CT molecular complexity index is 588. The van der Waals surface area contributed by atoms with Gasteiger partial charge in [0.15, 0.2) is 6.20 Å². The van der Waals surface area contributed by atoms with Crippen molar-refractivity contribution in [1.82, 2.24) is 25.3 Å². The Balaban J connectivity index is 2.05. The van der Waals surface area contributed by atoms with Crippen LogP contribution < -0.4 is 14.0 Å².